The summed E-state index contributed by atoms with van der Waals surface area (Å²) >= 11 is 0. The van der Waals surface area contributed by atoms with Crippen molar-refractivity contribution in [3.05, 3.63) is 108 Å². The average Bonchev–Trinajstić information content (AvgIpc) is 3.63. The highest BCUT2D eigenvalue weighted by atomic mass is 16.8. The number of rotatable bonds is 10. The largest absolute Gasteiger partial charge is 0.459 e. The van der Waals surface area contributed by atoms with Crippen LogP contribution in [0.4, 0.5) is 0 Å². The van der Waals surface area contributed by atoms with Crippen molar-refractivity contribution in [3.8, 4) is 0 Å². The molecule has 3 fully saturated rings. The normalized spacial score (nSPS) is 31.5. The first kappa shape index (κ1) is 32.7. The number of hydrogen-bond donors (Lipinski definition) is 2. The third-order valence-corrected chi connectivity index (χ3v) is 7.93. The monoisotopic (exact) mass is 650 g/mol. The summed E-state index contributed by atoms with van der Waals surface area (Å²) in [6.07, 6.45) is -11.8. The molecule has 3 heterocycles. The van der Waals surface area contributed by atoms with E-state index in [1.165, 1.54) is 0 Å². The van der Waals surface area contributed by atoms with Gasteiger partial charge in [0.05, 0.1) is 23.3 Å². The Kier molecular flexibility index (Phi) is 10.2. The van der Waals surface area contributed by atoms with Crippen LogP contribution in [-0.4, -0.2) is 103 Å². The second kappa shape index (κ2) is 14.7. The lowest BCUT2D eigenvalue weighted by atomic mass is 9.99. The van der Waals surface area contributed by atoms with Crippen molar-refractivity contribution in [3.63, 3.8) is 0 Å². The van der Waals surface area contributed by atoms with E-state index in [0.29, 0.717) is 0 Å². The van der Waals surface area contributed by atoms with Gasteiger partial charge in [-0.3, -0.25) is 0 Å². The quantitative estimate of drug-likeness (QED) is 0.243. The number of carbonyl (C=O) groups is 3. The molecule has 0 spiro atoms. The van der Waals surface area contributed by atoms with Gasteiger partial charge < -0.3 is 48.1 Å². The summed E-state index contributed by atoms with van der Waals surface area (Å²) in [5.74, 6) is -2.19. The maximum atomic E-state index is 13.4. The van der Waals surface area contributed by atoms with Gasteiger partial charge in [0.2, 0.25) is 0 Å². The zero-order chi connectivity index (χ0) is 32.9. The van der Waals surface area contributed by atoms with Gasteiger partial charge in [-0.1, -0.05) is 54.6 Å². The Labute approximate surface area is 269 Å². The number of aliphatic hydroxyl groups excluding tert-OH is 2. The zero-order valence-corrected chi connectivity index (χ0v) is 25.2. The number of carbonyl (C=O) groups excluding carboxylic acids is 3. The summed E-state index contributed by atoms with van der Waals surface area (Å²) < 4.78 is 46.9. The van der Waals surface area contributed by atoms with E-state index in [0.717, 1.165) is 0 Å². The number of fused-ring (bicyclic) bond motifs is 1. The van der Waals surface area contributed by atoms with Gasteiger partial charge in [-0.15, -0.1) is 0 Å². The second-order valence-electron chi connectivity index (χ2n) is 11.1. The van der Waals surface area contributed by atoms with Gasteiger partial charge in [-0.25, -0.2) is 14.4 Å². The topological polar surface area (TPSA) is 166 Å². The molecule has 3 saturated heterocycles. The molecule has 3 aromatic rings. The standard InChI is InChI=1S/C34H34O13/c1-19-41-29-27(25(36)23(17-35)43-33(29)42-19)47-34-28(46-32(39)22-15-9-4-10-16-22)26(45-31(38)21-13-7-3-8-14-21)24(44-34)18-40-30(37)20-11-5-2-6-12-20/h2-16,19,23-29,33-36H,17-18H2,1H3/t19?,23-,24+,25+,26+,27+,28-,29-,33+,34+/m1/s1. The fourth-order valence-electron chi connectivity index (χ4n) is 5.60. The molecular formula is C34H34O13. The average molecular weight is 651 g/mol. The molecule has 0 aromatic heterocycles. The number of benzene rings is 3. The maximum Gasteiger partial charge on any atom is 0.338 e. The fourth-order valence-corrected chi connectivity index (χ4v) is 5.60. The van der Waals surface area contributed by atoms with E-state index in [1.54, 1.807) is 97.9 Å². The van der Waals surface area contributed by atoms with Gasteiger partial charge in [-0.05, 0) is 43.3 Å². The lowest BCUT2D eigenvalue weighted by Crippen LogP contribution is -2.60. The van der Waals surface area contributed by atoms with Gasteiger partial charge in [0.15, 0.2) is 31.1 Å². The molecule has 248 valence electrons. The van der Waals surface area contributed by atoms with Crippen molar-refractivity contribution in [2.24, 2.45) is 0 Å². The minimum atomic E-state index is -1.48. The minimum Gasteiger partial charge on any atom is -0.459 e. The summed E-state index contributed by atoms with van der Waals surface area (Å²) in [5.41, 5.74) is 0.692. The van der Waals surface area contributed by atoms with Crippen LogP contribution in [0, 0.1) is 0 Å². The van der Waals surface area contributed by atoms with Gasteiger partial charge >= 0.3 is 17.9 Å². The summed E-state index contributed by atoms with van der Waals surface area (Å²) in [5, 5.41) is 21.0. The van der Waals surface area contributed by atoms with Crippen molar-refractivity contribution in [2.75, 3.05) is 13.2 Å². The molecule has 0 aliphatic carbocycles. The molecule has 0 saturated carbocycles. The fraction of sp³-hybridized carbons (Fsp3) is 0.382. The van der Waals surface area contributed by atoms with Gasteiger partial charge in [0.1, 0.15) is 37.1 Å². The predicted octanol–water partition coefficient (Wildman–Crippen LogP) is 2.24. The van der Waals surface area contributed by atoms with Crippen molar-refractivity contribution in [1.82, 2.24) is 0 Å². The third kappa shape index (κ3) is 7.36. The predicted molar refractivity (Wildman–Crippen MR) is 159 cm³/mol. The molecule has 3 aliphatic heterocycles. The van der Waals surface area contributed by atoms with E-state index in [9.17, 15) is 24.6 Å². The highest BCUT2D eigenvalue weighted by Gasteiger charge is 2.57. The van der Waals surface area contributed by atoms with E-state index in [1.807, 2.05) is 0 Å². The Morgan fingerprint density at radius 1 is 0.660 bits per heavy atom. The third-order valence-electron chi connectivity index (χ3n) is 7.93. The Hall–Kier alpha value is -4.21. The molecule has 3 aromatic carbocycles. The smallest absolute Gasteiger partial charge is 0.338 e. The number of ether oxygens (including phenoxy) is 8. The summed E-state index contributed by atoms with van der Waals surface area (Å²) in [7, 11) is 0. The lowest BCUT2D eigenvalue weighted by molar-refractivity contribution is -0.296. The molecule has 10 atom stereocenters. The maximum absolute atomic E-state index is 13.4. The van der Waals surface area contributed by atoms with Crippen LogP contribution in [0.5, 0.6) is 0 Å². The first-order valence-corrected chi connectivity index (χ1v) is 15.1. The molecule has 13 heteroatoms. The summed E-state index contributed by atoms with van der Waals surface area (Å²) in [6.45, 7) is 0.652. The molecule has 2 N–H and O–H groups in total. The Balaban J connectivity index is 1.31. The highest BCUT2D eigenvalue weighted by molar-refractivity contribution is 5.91. The molecule has 13 nitrogen and oxygen atoms in total. The molecule has 0 bridgehead atoms. The van der Waals surface area contributed by atoms with Crippen LogP contribution in [0.25, 0.3) is 0 Å². The minimum absolute atomic E-state index is 0.200. The van der Waals surface area contributed by atoms with Crippen LogP contribution in [0.2, 0.25) is 0 Å². The van der Waals surface area contributed by atoms with Gasteiger partial charge in [0.25, 0.3) is 0 Å². The van der Waals surface area contributed by atoms with Crippen molar-refractivity contribution >= 4 is 17.9 Å². The van der Waals surface area contributed by atoms with E-state index in [-0.39, 0.29) is 16.7 Å². The van der Waals surface area contributed by atoms with Crippen molar-refractivity contribution in [2.45, 2.75) is 68.5 Å². The number of aliphatic hydroxyl groups is 2. The molecule has 6 rings (SSSR count). The van der Waals surface area contributed by atoms with E-state index < -0.39 is 92.7 Å². The highest BCUT2D eigenvalue weighted by Crippen LogP contribution is 2.37. The molecule has 47 heavy (non-hydrogen) atoms. The zero-order valence-electron chi connectivity index (χ0n) is 25.2. The number of esters is 3. The van der Waals surface area contributed by atoms with Gasteiger partial charge in [-0.2, -0.15) is 0 Å². The van der Waals surface area contributed by atoms with Gasteiger partial charge in [0, 0.05) is 0 Å². The van der Waals surface area contributed by atoms with Crippen LogP contribution >= 0.6 is 0 Å². The second-order valence-corrected chi connectivity index (χ2v) is 11.1. The molecular weight excluding hydrogens is 616 g/mol. The Morgan fingerprint density at radius 2 is 1.19 bits per heavy atom. The van der Waals surface area contributed by atoms with E-state index in [4.69, 9.17) is 37.9 Å². The molecule has 0 radical (unpaired) electrons. The SMILES string of the molecule is CC1O[C@H]2O[C@H](CO)[C@H](O)[C@H](O[C@@H]3O[C@@H](COC(=O)c4ccccc4)[C@H](OC(=O)c4ccccc4)[C@H]3OC(=O)c3ccccc3)[C@H]2O1. The summed E-state index contributed by atoms with van der Waals surface area (Å²) in [6, 6.07) is 24.5. The van der Waals surface area contributed by atoms with Crippen LogP contribution in [-0.2, 0) is 37.9 Å². The van der Waals surface area contributed by atoms with E-state index >= 15 is 0 Å². The van der Waals surface area contributed by atoms with Crippen LogP contribution < -0.4 is 0 Å². The molecule has 0 amide bonds. The summed E-state index contributed by atoms with van der Waals surface area (Å²) in [4.78, 5) is 39.6. The number of hydrogen-bond acceptors (Lipinski definition) is 13. The van der Waals surface area contributed by atoms with E-state index in [2.05, 4.69) is 0 Å². The Morgan fingerprint density at radius 3 is 1.74 bits per heavy atom. The lowest BCUT2D eigenvalue weighted by Gasteiger charge is -2.40. The Bertz CT molecular complexity index is 1500. The first-order chi connectivity index (χ1) is 22.8. The van der Waals surface area contributed by atoms with Crippen molar-refractivity contribution in [1.29, 1.82) is 0 Å². The van der Waals surface area contributed by atoms with Crippen LogP contribution in [0.1, 0.15) is 38.0 Å². The van der Waals surface area contributed by atoms with Crippen molar-refractivity contribution < 1.29 is 62.5 Å². The molecule has 3 aliphatic rings. The first-order valence-electron chi connectivity index (χ1n) is 15.1. The van der Waals surface area contributed by atoms with Crippen LogP contribution in [0.3, 0.4) is 0 Å². The van der Waals surface area contributed by atoms with Crippen LogP contribution in [0.15, 0.2) is 91.0 Å². The molecule has 1 unspecified atom stereocenters.